The van der Waals surface area contributed by atoms with Crippen molar-refractivity contribution in [2.45, 2.75) is 78.7 Å². The van der Waals surface area contributed by atoms with Gasteiger partial charge < -0.3 is 19.3 Å². The summed E-state index contributed by atoms with van der Waals surface area (Å²) in [5.41, 5.74) is 2.72. The van der Waals surface area contributed by atoms with E-state index in [0.717, 1.165) is 69.8 Å². The zero-order valence-electron chi connectivity index (χ0n) is 23.8. The van der Waals surface area contributed by atoms with Crippen LogP contribution in [0.1, 0.15) is 78.2 Å². The Morgan fingerprint density at radius 2 is 1.83 bits per heavy atom. The lowest BCUT2D eigenvalue weighted by molar-refractivity contribution is -0.133. The third kappa shape index (κ3) is 8.24. The third-order valence-corrected chi connectivity index (χ3v) is 7.34. The summed E-state index contributed by atoms with van der Waals surface area (Å²) in [6, 6.07) is 6.72. The van der Waals surface area contributed by atoms with E-state index < -0.39 is 0 Å². The van der Waals surface area contributed by atoms with Crippen LogP contribution >= 0.6 is 0 Å². The van der Waals surface area contributed by atoms with Gasteiger partial charge >= 0.3 is 0 Å². The molecule has 3 rings (SSSR count). The number of ether oxygens (including phenoxy) is 2. The van der Waals surface area contributed by atoms with Gasteiger partial charge in [0.2, 0.25) is 12.7 Å². The highest BCUT2D eigenvalue weighted by Gasteiger charge is 2.37. The molecule has 2 atom stereocenters. The van der Waals surface area contributed by atoms with E-state index in [4.69, 9.17) is 9.47 Å². The summed E-state index contributed by atoms with van der Waals surface area (Å²) in [5.74, 6) is 2.33. The van der Waals surface area contributed by atoms with Crippen molar-refractivity contribution in [1.29, 1.82) is 0 Å². The van der Waals surface area contributed by atoms with Gasteiger partial charge in [0, 0.05) is 25.7 Å². The molecule has 2 aliphatic heterocycles. The first-order valence-electron chi connectivity index (χ1n) is 13.8. The van der Waals surface area contributed by atoms with Crippen LogP contribution in [0.5, 0.6) is 11.5 Å². The number of unbranched alkanes of at least 4 members (excludes halogenated alkanes) is 1. The maximum absolute atomic E-state index is 13.6. The molecule has 0 bridgehead atoms. The first kappa shape index (κ1) is 28.5. The molecular weight excluding hydrogens is 450 g/mol. The number of carbonyl (C=O) groups excluding carboxylic acids is 1. The number of rotatable bonds is 13. The molecule has 2 aliphatic rings. The molecule has 1 fully saturated rings. The first-order valence-corrected chi connectivity index (χ1v) is 13.8. The molecule has 0 N–H and O–H groups in total. The van der Waals surface area contributed by atoms with Gasteiger partial charge in [-0.2, -0.15) is 0 Å². The number of allylic oxidation sites excluding steroid dienone is 2. The van der Waals surface area contributed by atoms with Crippen LogP contribution in [0.3, 0.4) is 0 Å². The average molecular weight is 500 g/mol. The predicted octanol–water partition coefficient (Wildman–Crippen LogP) is 5.54. The van der Waals surface area contributed by atoms with E-state index >= 15 is 0 Å². The summed E-state index contributed by atoms with van der Waals surface area (Å²) in [7, 11) is 4.19. The predicted molar refractivity (Wildman–Crippen MR) is 148 cm³/mol. The molecule has 1 amide bonds. The Bertz CT molecular complexity index is 891. The van der Waals surface area contributed by atoms with Crippen LogP contribution in [0.2, 0.25) is 0 Å². The molecule has 0 aliphatic carbocycles. The lowest BCUT2D eigenvalue weighted by atomic mass is 9.82. The maximum atomic E-state index is 13.6. The highest BCUT2D eigenvalue weighted by Crippen LogP contribution is 2.41. The second-order valence-corrected chi connectivity index (χ2v) is 11.9. The van der Waals surface area contributed by atoms with Gasteiger partial charge in [-0.05, 0) is 89.2 Å². The zero-order chi connectivity index (χ0) is 26.3. The van der Waals surface area contributed by atoms with Crippen molar-refractivity contribution < 1.29 is 14.3 Å². The van der Waals surface area contributed by atoms with Crippen molar-refractivity contribution in [1.82, 2.24) is 14.7 Å². The minimum Gasteiger partial charge on any atom is -0.454 e. The van der Waals surface area contributed by atoms with E-state index in [2.05, 4.69) is 81.6 Å². The molecule has 0 spiro atoms. The van der Waals surface area contributed by atoms with Crippen LogP contribution in [0.15, 0.2) is 29.8 Å². The van der Waals surface area contributed by atoms with Gasteiger partial charge in [-0.3, -0.25) is 9.69 Å². The quantitative estimate of drug-likeness (QED) is 0.334. The number of carbonyl (C=O) groups is 1. The Morgan fingerprint density at radius 1 is 1.11 bits per heavy atom. The van der Waals surface area contributed by atoms with Crippen molar-refractivity contribution in [2.24, 2.45) is 5.41 Å². The standard InChI is InChI=1S/C30H49N3O3/c1-8-9-14-32(15-10-13-31(6)7)29(34)21-33-20-25(16-26(33)19-30(4,5)18-23(2)3)24-11-12-27-28(17-24)36-22-35-27/h11-12,17-18,25-26H,8-10,13-16,19-22H2,1-7H3/t25-,26-/m1/s1. The number of benzene rings is 1. The van der Waals surface area contributed by atoms with Gasteiger partial charge in [0.1, 0.15) is 0 Å². The molecule has 1 saturated heterocycles. The molecule has 1 aromatic carbocycles. The number of fused-ring (bicyclic) bond motifs is 1. The van der Waals surface area contributed by atoms with Gasteiger partial charge in [-0.25, -0.2) is 0 Å². The Morgan fingerprint density at radius 3 is 2.53 bits per heavy atom. The van der Waals surface area contributed by atoms with Crippen LogP contribution in [0.4, 0.5) is 0 Å². The summed E-state index contributed by atoms with van der Waals surface area (Å²) < 4.78 is 11.2. The van der Waals surface area contributed by atoms with E-state index in [9.17, 15) is 4.79 Å². The summed E-state index contributed by atoms with van der Waals surface area (Å²) in [6.07, 6.45) is 7.66. The van der Waals surface area contributed by atoms with Gasteiger partial charge in [-0.15, -0.1) is 0 Å². The summed E-state index contributed by atoms with van der Waals surface area (Å²) in [4.78, 5) is 20.4. The van der Waals surface area contributed by atoms with Crippen LogP contribution < -0.4 is 9.47 Å². The van der Waals surface area contributed by atoms with E-state index in [0.29, 0.717) is 25.3 Å². The fraction of sp³-hybridized carbons (Fsp3) is 0.700. The van der Waals surface area contributed by atoms with Gasteiger partial charge in [0.05, 0.1) is 6.54 Å². The number of hydrogen-bond donors (Lipinski definition) is 0. The fourth-order valence-corrected chi connectivity index (χ4v) is 5.81. The number of nitrogens with zero attached hydrogens (tertiary/aromatic N) is 3. The molecule has 0 aromatic heterocycles. The van der Waals surface area contributed by atoms with Gasteiger partial charge in [0.15, 0.2) is 11.5 Å². The SMILES string of the molecule is CCCCN(CCCN(C)C)C(=O)CN1C[C@H](c2ccc3c(c2)OCO3)C[C@@H]1CC(C)(C)C=C(C)C. The Kier molecular flexibility index (Phi) is 10.3. The molecule has 36 heavy (non-hydrogen) atoms. The topological polar surface area (TPSA) is 45.2 Å². The molecule has 202 valence electrons. The molecule has 6 heteroatoms. The van der Waals surface area contributed by atoms with Crippen molar-refractivity contribution in [3.63, 3.8) is 0 Å². The van der Waals surface area contributed by atoms with Crippen LogP contribution in [-0.4, -0.2) is 80.3 Å². The fourth-order valence-electron chi connectivity index (χ4n) is 5.81. The summed E-state index contributed by atoms with van der Waals surface area (Å²) in [6.45, 7) is 15.6. The second kappa shape index (κ2) is 13.0. The van der Waals surface area contributed by atoms with E-state index in [1.807, 2.05) is 6.07 Å². The largest absolute Gasteiger partial charge is 0.454 e. The molecule has 0 unspecified atom stereocenters. The van der Waals surface area contributed by atoms with Gasteiger partial charge in [-0.1, -0.05) is 44.9 Å². The lowest BCUT2D eigenvalue weighted by Gasteiger charge is -2.32. The van der Waals surface area contributed by atoms with E-state index in [-0.39, 0.29) is 11.3 Å². The Balaban J connectivity index is 1.75. The molecule has 0 radical (unpaired) electrons. The Labute approximate surface area is 219 Å². The molecule has 1 aromatic rings. The molecular formula is C30H49N3O3. The van der Waals surface area contributed by atoms with Gasteiger partial charge in [0.25, 0.3) is 0 Å². The van der Waals surface area contributed by atoms with Crippen molar-refractivity contribution in [3.8, 4) is 11.5 Å². The third-order valence-electron chi connectivity index (χ3n) is 7.34. The lowest BCUT2D eigenvalue weighted by Crippen LogP contribution is -2.44. The highest BCUT2D eigenvalue weighted by atomic mass is 16.7. The number of likely N-dealkylation sites (tertiary alicyclic amines) is 1. The minimum atomic E-state index is 0.0855. The highest BCUT2D eigenvalue weighted by molar-refractivity contribution is 5.78. The van der Waals surface area contributed by atoms with E-state index in [1.54, 1.807) is 0 Å². The zero-order valence-corrected chi connectivity index (χ0v) is 23.8. The smallest absolute Gasteiger partial charge is 0.236 e. The van der Waals surface area contributed by atoms with Crippen LogP contribution in [-0.2, 0) is 4.79 Å². The van der Waals surface area contributed by atoms with Crippen LogP contribution in [0.25, 0.3) is 0 Å². The normalized spacial score (nSPS) is 19.7. The average Bonchev–Trinajstić information content (AvgIpc) is 3.41. The van der Waals surface area contributed by atoms with Crippen molar-refractivity contribution in [3.05, 3.63) is 35.4 Å². The second-order valence-electron chi connectivity index (χ2n) is 11.9. The number of hydrogen-bond acceptors (Lipinski definition) is 5. The number of amides is 1. The maximum Gasteiger partial charge on any atom is 0.236 e. The molecule has 2 heterocycles. The molecule has 6 nitrogen and oxygen atoms in total. The molecule has 0 saturated carbocycles. The summed E-state index contributed by atoms with van der Waals surface area (Å²) in [5, 5.41) is 0. The summed E-state index contributed by atoms with van der Waals surface area (Å²) >= 11 is 0. The van der Waals surface area contributed by atoms with Crippen molar-refractivity contribution in [2.75, 3.05) is 53.6 Å². The first-order chi connectivity index (χ1) is 17.1. The Hall–Kier alpha value is -2.05. The van der Waals surface area contributed by atoms with Crippen LogP contribution in [0, 0.1) is 5.41 Å². The minimum absolute atomic E-state index is 0.0855. The van der Waals surface area contributed by atoms with Crippen molar-refractivity contribution >= 4 is 5.91 Å². The monoisotopic (exact) mass is 499 g/mol. The van der Waals surface area contributed by atoms with E-state index in [1.165, 1.54) is 11.1 Å².